The van der Waals surface area contributed by atoms with Gasteiger partial charge in [0.2, 0.25) is 0 Å². The van der Waals surface area contributed by atoms with Gasteiger partial charge in [0.1, 0.15) is 0 Å². The van der Waals surface area contributed by atoms with Gasteiger partial charge in [0.15, 0.2) is 0 Å². The van der Waals surface area contributed by atoms with Crippen LogP contribution >= 0.6 is 0 Å². The monoisotopic (exact) mass is 254 g/mol. The van der Waals surface area contributed by atoms with Crippen LogP contribution in [0, 0.1) is 13.8 Å². The Balaban J connectivity index is 2.24. The number of aromatic nitrogens is 1. The van der Waals surface area contributed by atoms with Gasteiger partial charge >= 0.3 is 0 Å². The first-order valence-corrected chi connectivity index (χ1v) is 6.90. The first kappa shape index (κ1) is 13.8. The van der Waals surface area contributed by atoms with Gasteiger partial charge in [-0.25, -0.2) is 0 Å². The van der Waals surface area contributed by atoms with E-state index in [0.717, 1.165) is 13.0 Å². The normalized spacial score (nSPS) is 12.4. The zero-order valence-electron chi connectivity index (χ0n) is 12.0. The van der Waals surface area contributed by atoms with Crippen LogP contribution in [0.2, 0.25) is 0 Å². The van der Waals surface area contributed by atoms with Gasteiger partial charge in [0.05, 0.1) is 0 Å². The molecule has 0 fully saturated rings. The van der Waals surface area contributed by atoms with E-state index in [-0.39, 0.29) is 0 Å². The highest BCUT2D eigenvalue weighted by Gasteiger charge is 2.12. The van der Waals surface area contributed by atoms with E-state index < -0.39 is 0 Å². The molecule has 100 valence electrons. The van der Waals surface area contributed by atoms with Gasteiger partial charge in [-0.1, -0.05) is 36.8 Å². The molecule has 0 saturated carbocycles. The number of aryl methyl sites for hydroxylation is 2. The molecule has 19 heavy (non-hydrogen) atoms. The zero-order valence-corrected chi connectivity index (χ0v) is 12.0. The fourth-order valence-electron chi connectivity index (χ4n) is 2.38. The van der Waals surface area contributed by atoms with Crippen molar-refractivity contribution in [2.75, 3.05) is 6.54 Å². The van der Waals surface area contributed by atoms with Crippen LogP contribution in [0.4, 0.5) is 0 Å². The lowest BCUT2D eigenvalue weighted by Gasteiger charge is -2.19. The lowest BCUT2D eigenvalue weighted by atomic mass is 9.95. The van der Waals surface area contributed by atoms with Gasteiger partial charge < -0.3 is 5.32 Å². The highest BCUT2D eigenvalue weighted by Crippen LogP contribution is 2.20. The number of pyridine rings is 1. The van der Waals surface area contributed by atoms with E-state index in [1.807, 2.05) is 18.5 Å². The lowest BCUT2D eigenvalue weighted by molar-refractivity contribution is 0.547. The third-order valence-electron chi connectivity index (χ3n) is 3.47. The van der Waals surface area contributed by atoms with Crippen LogP contribution < -0.4 is 5.32 Å². The lowest BCUT2D eigenvalue weighted by Crippen LogP contribution is -2.23. The van der Waals surface area contributed by atoms with E-state index in [2.05, 4.69) is 55.3 Å². The molecule has 0 aliphatic heterocycles. The van der Waals surface area contributed by atoms with E-state index in [4.69, 9.17) is 0 Å². The summed E-state index contributed by atoms with van der Waals surface area (Å²) in [5.41, 5.74) is 5.35. The molecule has 0 aliphatic rings. The van der Waals surface area contributed by atoms with Gasteiger partial charge in [-0.05, 0) is 49.6 Å². The van der Waals surface area contributed by atoms with Crippen LogP contribution in [-0.2, 0) is 6.42 Å². The van der Waals surface area contributed by atoms with Gasteiger partial charge in [-0.15, -0.1) is 0 Å². The average Bonchev–Trinajstić information content (AvgIpc) is 2.43. The summed E-state index contributed by atoms with van der Waals surface area (Å²) in [7, 11) is 0. The molecular formula is C17H22N2. The van der Waals surface area contributed by atoms with Crippen molar-refractivity contribution in [2.45, 2.75) is 33.2 Å². The zero-order chi connectivity index (χ0) is 13.7. The molecule has 1 aromatic heterocycles. The second-order valence-electron chi connectivity index (χ2n) is 5.03. The van der Waals surface area contributed by atoms with E-state index in [0.29, 0.717) is 6.04 Å². The first-order valence-electron chi connectivity index (χ1n) is 6.90. The van der Waals surface area contributed by atoms with Crippen molar-refractivity contribution in [1.82, 2.24) is 10.3 Å². The van der Waals surface area contributed by atoms with Crippen LogP contribution in [-0.4, -0.2) is 11.5 Å². The van der Waals surface area contributed by atoms with Gasteiger partial charge in [0, 0.05) is 18.4 Å². The number of benzene rings is 1. The fraction of sp³-hybridized carbons (Fsp3) is 0.353. The number of hydrogen-bond donors (Lipinski definition) is 1. The smallest absolute Gasteiger partial charge is 0.0376 e. The molecule has 1 N–H and O–H groups in total. The number of nitrogens with zero attached hydrogens (tertiary/aromatic N) is 1. The van der Waals surface area contributed by atoms with Crippen LogP contribution in [0.1, 0.15) is 35.2 Å². The first-order chi connectivity index (χ1) is 9.20. The SMILES string of the molecule is CCNC(Cc1cc(C)ccc1C)c1cccnc1. The standard InChI is InChI=1S/C17H22N2/c1-4-19-17(15-6-5-9-18-12-15)11-16-10-13(2)7-8-14(16)3/h5-10,12,17,19H,4,11H2,1-3H3. The summed E-state index contributed by atoms with van der Waals surface area (Å²) in [6.07, 6.45) is 4.79. The van der Waals surface area contributed by atoms with Crippen molar-refractivity contribution in [3.8, 4) is 0 Å². The average molecular weight is 254 g/mol. The molecule has 2 rings (SSSR count). The summed E-state index contributed by atoms with van der Waals surface area (Å²) in [6, 6.07) is 11.1. The number of likely N-dealkylation sites (N-methyl/N-ethyl adjacent to an activating group) is 1. The summed E-state index contributed by atoms with van der Waals surface area (Å²) in [5, 5.41) is 3.55. The summed E-state index contributed by atoms with van der Waals surface area (Å²) in [5.74, 6) is 0. The Morgan fingerprint density at radius 3 is 2.74 bits per heavy atom. The summed E-state index contributed by atoms with van der Waals surface area (Å²) in [4.78, 5) is 4.23. The number of hydrogen-bond acceptors (Lipinski definition) is 2. The van der Waals surface area contributed by atoms with Crippen molar-refractivity contribution in [3.63, 3.8) is 0 Å². The summed E-state index contributed by atoms with van der Waals surface area (Å²) >= 11 is 0. The van der Waals surface area contributed by atoms with Crippen LogP contribution in [0.5, 0.6) is 0 Å². The molecule has 1 unspecified atom stereocenters. The van der Waals surface area contributed by atoms with Gasteiger partial charge in [-0.3, -0.25) is 4.98 Å². The molecule has 2 aromatic rings. The molecule has 1 heterocycles. The second kappa shape index (κ2) is 6.48. The maximum absolute atomic E-state index is 4.23. The predicted molar refractivity (Wildman–Crippen MR) is 80.3 cm³/mol. The van der Waals surface area contributed by atoms with E-state index in [1.54, 1.807) is 0 Å². The quantitative estimate of drug-likeness (QED) is 0.882. The molecule has 0 spiro atoms. The van der Waals surface area contributed by atoms with E-state index >= 15 is 0 Å². The van der Waals surface area contributed by atoms with Crippen LogP contribution in [0.3, 0.4) is 0 Å². The molecule has 0 radical (unpaired) electrons. The maximum Gasteiger partial charge on any atom is 0.0376 e. The summed E-state index contributed by atoms with van der Waals surface area (Å²) < 4.78 is 0. The topological polar surface area (TPSA) is 24.9 Å². The largest absolute Gasteiger partial charge is 0.310 e. The minimum absolute atomic E-state index is 0.333. The molecule has 0 bridgehead atoms. The highest BCUT2D eigenvalue weighted by molar-refractivity contribution is 5.32. The molecule has 2 heteroatoms. The molecule has 0 saturated heterocycles. The molecule has 1 atom stereocenters. The summed E-state index contributed by atoms with van der Waals surface area (Å²) in [6.45, 7) is 7.44. The van der Waals surface area contributed by atoms with Crippen molar-refractivity contribution in [3.05, 3.63) is 65.0 Å². The van der Waals surface area contributed by atoms with Gasteiger partial charge in [0.25, 0.3) is 0 Å². The van der Waals surface area contributed by atoms with Crippen molar-refractivity contribution in [1.29, 1.82) is 0 Å². The number of nitrogens with one attached hydrogen (secondary N) is 1. The minimum Gasteiger partial charge on any atom is -0.310 e. The Morgan fingerprint density at radius 1 is 1.21 bits per heavy atom. The Morgan fingerprint density at radius 2 is 2.05 bits per heavy atom. The van der Waals surface area contributed by atoms with Crippen molar-refractivity contribution < 1.29 is 0 Å². The molecular weight excluding hydrogens is 232 g/mol. The predicted octanol–water partition coefficient (Wildman–Crippen LogP) is 3.59. The molecule has 0 amide bonds. The van der Waals surface area contributed by atoms with E-state index in [9.17, 15) is 0 Å². The number of rotatable bonds is 5. The third-order valence-corrected chi connectivity index (χ3v) is 3.47. The molecule has 2 nitrogen and oxygen atoms in total. The molecule has 1 aromatic carbocycles. The van der Waals surface area contributed by atoms with Crippen LogP contribution in [0.25, 0.3) is 0 Å². The van der Waals surface area contributed by atoms with Crippen molar-refractivity contribution in [2.24, 2.45) is 0 Å². The fourth-order valence-corrected chi connectivity index (χ4v) is 2.38. The van der Waals surface area contributed by atoms with Gasteiger partial charge in [-0.2, -0.15) is 0 Å². The highest BCUT2D eigenvalue weighted by atomic mass is 14.9. The Kier molecular flexibility index (Phi) is 4.69. The van der Waals surface area contributed by atoms with E-state index in [1.165, 1.54) is 22.3 Å². The Hall–Kier alpha value is -1.67. The van der Waals surface area contributed by atoms with Crippen molar-refractivity contribution >= 4 is 0 Å². The van der Waals surface area contributed by atoms with Crippen LogP contribution in [0.15, 0.2) is 42.7 Å². The minimum atomic E-state index is 0.333. The Bertz CT molecular complexity index is 520. The molecule has 0 aliphatic carbocycles. The third kappa shape index (κ3) is 3.65. The maximum atomic E-state index is 4.23. The Labute approximate surface area is 115 Å². The second-order valence-corrected chi connectivity index (χ2v) is 5.03.